The van der Waals surface area contributed by atoms with Crippen molar-refractivity contribution in [3.63, 3.8) is 0 Å². The van der Waals surface area contributed by atoms with E-state index < -0.39 is 0 Å². The van der Waals surface area contributed by atoms with Gasteiger partial charge in [0, 0.05) is 13.1 Å². The Hall–Kier alpha value is -1.77. The first-order chi connectivity index (χ1) is 14.0. The minimum atomic E-state index is -0.137. The van der Waals surface area contributed by atoms with Gasteiger partial charge in [-0.3, -0.25) is 18.9 Å². The number of rotatable bonds is 10. The molecular weight excluding hydrogens is 404 g/mol. The summed E-state index contributed by atoms with van der Waals surface area (Å²) in [6.45, 7) is 3.39. The van der Waals surface area contributed by atoms with Crippen molar-refractivity contribution in [1.29, 1.82) is 0 Å². The normalized spacial score (nSPS) is 16.1. The number of allylic oxidation sites excluding steroid dienone is 1. The van der Waals surface area contributed by atoms with Gasteiger partial charge in [-0.1, -0.05) is 25.5 Å². The number of aromatic nitrogens is 2. The molecule has 0 N–H and O–H groups in total. The summed E-state index contributed by atoms with van der Waals surface area (Å²) in [5.41, 5.74) is 2.13. The van der Waals surface area contributed by atoms with Crippen LogP contribution in [0.4, 0.5) is 4.79 Å². The number of nitrogens with zero attached hydrogens (tertiary/aromatic N) is 4. The first-order valence-corrected chi connectivity index (χ1v) is 11.8. The number of imidazole rings is 1. The fraction of sp³-hybridized carbons (Fsp3) is 0.476. The summed E-state index contributed by atoms with van der Waals surface area (Å²) in [5.74, 6) is 0.804. The molecule has 156 valence electrons. The highest BCUT2D eigenvalue weighted by Gasteiger charge is 2.34. The second kappa shape index (κ2) is 10.3. The lowest BCUT2D eigenvalue weighted by molar-refractivity contribution is -0.122. The quantitative estimate of drug-likeness (QED) is 0.309. The second-order valence-corrected chi connectivity index (χ2v) is 9.39. The van der Waals surface area contributed by atoms with Crippen LogP contribution < -0.4 is 0 Å². The summed E-state index contributed by atoms with van der Waals surface area (Å²) in [7, 11) is 4.11. The largest absolute Gasteiger partial charge is 0.304 e. The highest BCUT2D eigenvalue weighted by molar-refractivity contribution is 8.18. The Labute approximate surface area is 180 Å². The van der Waals surface area contributed by atoms with E-state index in [1.54, 1.807) is 11.8 Å². The van der Waals surface area contributed by atoms with Crippen LogP contribution in [0.5, 0.6) is 0 Å². The molecule has 0 aromatic carbocycles. The van der Waals surface area contributed by atoms with E-state index in [0.717, 1.165) is 55.4 Å². The molecule has 0 bridgehead atoms. The predicted molar refractivity (Wildman–Crippen MR) is 120 cm³/mol. The Bertz CT molecular complexity index is 907. The van der Waals surface area contributed by atoms with Crippen LogP contribution in [-0.4, -0.2) is 56.7 Å². The molecule has 1 saturated heterocycles. The zero-order valence-electron chi connectivity index (χ0n) is 17.3. The van der Waals surface area contributed by atoms with E-state index in [-0.39, 0.29) is 11.1 Å². The van der Waals surface area contributed by atoms with Crippen LogP contribution in [0.15, 0.2) is 40.4 Å². The van der Waals surface area contributed by atoms with Gasteiger partial charge in [-0.15, -0.1) is 11.8 Å². The average molecular weight is 433 g/mol. The first-order valence-electron chi connectivity index (χ1n) is 9.98. The smallest absolute Gasteiger partial charge is 0.293 e. The van der Waals surface area contributed by atoms with Crippen LogP contribution in [0.1, 0.15) is 38.3 Å². The van der Waals surface area contributed by atoms with Gasteiger partial charge in [0.25, 0.3) is 11.1 Å². The number of imide groups is 1. The van der Waals surface area contributed by atoms with E-state index in [2.05, 4.69) is 41.4 Å². The van der Waals surface area contributed by atoms with E-state index in [1.165, 1.54) is 15.6 Å². The maximum Gasteiger partial charge on any atom is 0.293 e. The second-order valence-electron chi connectivity index (χ2n) is 7.28. The zero-order valence-corrected chi connectivity index (χ0v) is 18.9. The number of hydrogen-bond acceptors (Lipinski definition) is 6. The predicted octanol–water partition coefficient (Wildman–Crippen LogP) is 4.65. The van der Waals surface area contributed by atoms with Crippen molar-refractivity contribution in [2.45, 2.75) is 44.2 Å². The highest BCUT2D eigenvalue weighted by Crippen LogP contribution is 2.31. The SMILES string of the molecule is CCC/C=C1/SC(=O)N(CCCCSc2cccc3ncc(CN(C)C)n23)C1=O. The minimum Gasteiger partial charge on any atom is -0.304 e. The van der Waals surface area contributed by atoms with E-state index >= 15 is 0 Å². The van der Waals surface area contributed by atoms with Gasteiger partial charge >= 0.3 is 0 Å². The first kappa shape index (κ1) is 21.9. The number of amides is 2. The van der Waals surface area contributed by atoms with Crippen molar-refractivity contribution in [1.82, 2.24) is 19.2 Å². The van der Waals surface area contributed by atoms with Gasteiger partial charge in [-0.25, -0.2) is 4.98 Å². The standard InChI is InChI=1S/C21H28N4O2S2/c1-4-5-9-17-20(26)24(21(27)29-17)12-6-7-13-28-19-11-8-10-18-22-14-16(25(18)19)15-23(2)3/h8-11,14H,4-7,12-13,15H2,1-3H3/b17-9+. The molecule has 0 unspecified atom stereocenters. The molecule has 3 rings (SSSR count). The number of carbonyl (C=O) groups is 2. The van der Waals surface area contributed by atoms with Crippen LogP contribution in [-0.2, 0) is 11.3 Å². The van der Waals surface area contributed by atoms with Crippen molar-refractivity contribution >= 4 is 40.3 Å². The maximum atomic E-state index is 12.3. The van der Waals surface area contributed by atoms with Gasteiger partial charge in [0.2, 0.25) is 0 Å². The zero-order chi connectivity index (χ0) is 20.8. The van der Waals surface area contributed by atoms with Crippen LogP contribution >= 0.6 is 23.5 Å². The van der Waals surface area contributed by atoms with Gasteiger partial charge < -0.3 is 4.90 Å². The Morgan fingerprint density at radius 1 is 1.24 bits per heavy atom. The number of hydrogen-bond donors (Lipinski definition) is 0. The van der Waals surface area contributed by atoms with Crippen molar-refractivity contribution in [3.8, 4) is 0 Å². The number of unbranched alkanes of at least 4 members (excludes halogenated alkanes) is 2. The maximum absolute atomic E-state index is 12.3. The molecule has 2 amide bonds. The Balaban J connectivity index is 1.52. The Kier molecular flexibility index (Phi) is 7.80. The molecule has 0 radical (unpaired) electrons. The van der Waals surface area contributed by atoms with Gasteiger partial charge in [-0.05, 0) is 63.0 Å². The lowest BCUT2D eigenvalue weighted by Gasteiger charge is -2.13. The Morgan fingerprint density at radius 2 is 2.07 bits per heavy atom. The lowest BCUT2D eigenvalue weighted by atomic mass is 10.3. The lowest BCUT2D eigenvalue weighted by Crippen LogP contribution is -2.29. The molecule has 0 aliphatic carbocycles. The summed E-state index contributed by atoms with van der Waals surface area (Å²) in [6.07, 6.45) is 7.39. The van der Waals surface area contributed by atoms with Crippen LogP contribution in [0, 0.1) is 0 Å². The van der Waals surface area contributed by atoms with Crippen LogP contribution in [0.2, 0.25) is 0 Å². The molecule has 6 nitrogen and oxygen atoms in total. The third-order valence-electron chi connectivity index (χ3n) is 4.56. The molecule has 0 atom stereocenters. The van der Waals surface area contributed by atoms with Crippen molar-refractivity contribution < 1.29 is 9.59 Å². The summed E-state index contributed by atoms with van der Waals surface area (Å²) >= 11 is 2.86. The molecule has 2 aromatic rings. The molecule has 0 saturated carbocycles. The van der Waals surface area contributed by atoms with Gasteiger partial charge in [0.15, 0.2) is 0 Å². The third kappa shape index (κ3) is 5.43. The summed E-state index contributed by atoms with van der Waals surface area (Å²) in [5, 5.41) is 1.03. The minimum absolute atomic E-state index is 0.127. The topological polar surface area (TPSA) is 57.9 Å². The van der Waals surface area contributed by atoms with Gasteiger partial charge in [-0.2, -0.15) is 0 Å². The van der Waals surface area contributed by atoms with E-state index in [9.17, 15) is 9.59 Å². The number of pyridine rings is 1. The molecule has 29 heavy (non-hydrogen) atoms. The molecule has 8 heteroatoms. The molecule has 2 aromatic heterocycles. The Morgan fingerprint density at radius 3 is 2.83 bits per heavy atom. The molecule has 3 heterocycles. The number of thioether (sulfide) groups is 2. The third-order valence-corrected chi connectivity index (χ3v) is 6.63. The fourth-order valence-electron chi connectivity index (χ4n) is 3.17. The molecular formula is C21H28N4O2S2. The summed E-state index contributed by atoms with van der Waals surface area (Å²) in [6, 6.07) is 6.18. The van der Waals surface area contributed by atoms with Gasteiger partial charge in [0.1, 0.15) is 5.65 Å². The van der Waals surface area contributed by atoms with E-state index in [4.69, 9.17) is 0 Å². The fourth-order valence-corrected chi connectivity index (χ4v) is 5.11. The van der Waals surface area contributed by atoms with Crippen molar-refractivity contribution in [3.05, 3.63) is 41.1 Å². The summed E-state index contributed by atoms with van der Waals surface area (Å²) < 4.78 is 2.21. The molecule has 1 aliphatic heterocycles. The van der Waals surface area contributed by atoms with Crippen molar-refractivity contribution in [2.24, 2.45) is 0 Å². The number of fused-ring (bicyclic) bond motifs is 1. The van der Waals surface area contributed by atoms with E-state index in [0.29, 0.717) is 11.4 Å². The number of carbonyl (C=O) groups excluding carboxylic acids is 2. The molecule has 0 spiro atoms. The van der Waals surface area contributed by atoms with E-state index in [1.807, 2.05) is 24.4 Å². The van der Waals surface area contributed by atoms with Gasteiger partial charge in [0.05, 0.1) is 21.8 Å². The monoisotopic (exact) mass is 432 g/mol. The average Bonchev–Trinajstić information content (AvgIpc) is 3.21. The van der Waals surface area contributed by atoms with Crippen LogP contribution in [0.3, 0.4) is 0 Å². The molecule has 1 aliphatic rings. The highest BCUT2D eigenvalue weighted by atomic mass is 32.2. The van der Waals surface area contributed by atoms with Crippen molar-refractivity contribution in [2.75, 3.05) is 26.4 Å². The van der Waals surface area contributed by atoms with Crippen LogP contribution in [0.25, 0.3) is 5.65 Å². The molecule has 1 fully saturated rings. The summed E-state index contributed by atoms with van der Waals surface area (Å²) in [4.78, 5) is 33.1.